The summed E-state index contributed by atoms with van der Waals surface area (Å²) < 4.78 is 5.92. The lowest BCUT2D eigenvalue weighted by Crippen LogP contribution is -2.77. The third-order valence-corrected chi connectivity index (χ3v) is 6.77. The van der Waals surface area contributed by atoms with Gasteiger partial charge >= 0.3 is 0 Å². The summed E-state index contributed by atoms with van der Waals surface area (Å²) in [5, 5.41) is 33.2. The molecule has 2 fully saturated rings. The lowest BCUT2D eigenvalue weighted by Gasteiger charge is -2.63. The first kappa shape index (κ1) is 15.4. The summed E-state index contributed by atoms with van der Waals surface area (Å²) in [4.78, 5) is 14.7. The van der Waals surface area contributed by atoms with E-state index in [2.05, 4.69) is 6.58 Å². The molecule has 3 N–H and O–H groups in total. The molecule has 1 aromatic carbocycles. The van der Waals surface area contributed by atoms with E-state index in [1.165, 1.54) is 6.07 Å². The number of rotatable bonds is 2. The molecule has 2 aliphatic heterocycles. The summed E-state index contributed by atoms with van der Waals surface area (Å²) in [6, 6.07) is 2.66. The van der Waals surface area contributed by atoms with Gasteiger partial charge in [-0.1, -0.05) is 12.1 Å². The highest BCUT2D eigenvalue weighted by atomic mass is 16.5. The van der Waals surface area contributed by atoms with Crippen LogP contribution in [0.25, 0.3) is 0 Å². The Morgan fingerprint density at radius 2 is 2.20 bits per heavy atom. The first-order valence-corrected chi connectivity index (χ1v) is 8.77. The van der Waals surface area contributed by atoms with Gasteiger partial charge in [-0.05, 0) is 24.5 Å². The van der Waals surface area contributed by atoms with Crippen LogP contribution in [0.2, 0.25) is 0 Å². The largest absolute Gasteiger partial charge is 0.504 e. The number of phenolic OH excluding ortho intramolecular Hbond substituents is 1. The van der Waals surface area contributed by atoms with Crippen molar-refractivity contribution in [2.24, 2.45) is 0 Å². The van der Waals surface area contributed by atoms with Crippen molar-refractivity contribution in [2.45, 2.75) is 48.5 Å². The first-order chi connectivity index (χ1) is 12.0. The maximum Gasteiger partial charge on any atom is 0.174 e. The summed E-state index contributed by atoms with van der Waals surface area (Å²) in [7, 11) is 0. The van der Waals surface area contributed by atoms with Crippen LogP contribution < -0.4 is 4.74 Å². The van der Waals surface area contributed by atoms with Gasteiger partial charge in [-0.3, -0.25) is 9.69 Å². The van der Waals surface area contributed by atoms with Gasteiger partial charge in [-0.2, -0.15) is 0 Å². The molecule has 25 heavy (non-hydrogen) atoms. The zero-order valence-corrected chi connectivity index (χ0v) is 13.8. The molecular formula is C19H21NO5. The van der Waals surface area contributed by atoms with Crippen molar-refractivity contribution in [1.29, 1.82) is 0 Å². The van der Waals surface area contributed by atoms with Gasteiger partial charge in [0.15, 0.2) is 23.4 Å². The fraction of sp³-hybridized carbons (Fsp3) is 0.526. The maximum absolute atomic E-state index is 12.7. The summed E-state index contributed by atoms with van der Waals surface area (Å²) in [6.45, 7) is 4.97. The summed E-state index contributed by atoms with van der Waals surface area (Å²) in [5.41, 5.74) is -0.894. The summed E-state index contributed by atoms with van der Waals surface area (Å²) in [5.74, 6) is 0.168. The number of likely N-dealkylation sites (tertiary alicyclic amines) is 1. The van der Waals surface area contributed by atoms with Gasteiger partial charge in [0.2, 0.25) is 0 Å². The number of nitrogens with zero attached hydrogens (tertiary/aromatic N) is 1. The number of piperidine rings is 1. The Bertz CT molecular complexity index is 807. The van der Waals surface area contributed by atoms with Gasteiger partial charge in [0.1, 0.15) is 0 Å². The van der Waals surface area contributed by atoms with E-state index in [-0.39, 0.29) is 30.1 Å². The lowest BCUT2D eigenvalue weighted by molar-refractivity contribution is -0.209. The molecule has 6 heteroatoms. The third kappa shape index (κ3) is 1.50. The van der Waals surface area contributed by atoms with Crippen LogP contribution >= 0.6 is 0 Å². The second-order valence-corrected chi connectivity index (χ2v) is 7.66. The number of Topliss-reactive ketones (excluding diaryl/α,β-unsaturated/α-hetero) is 1. The second kappa shape index (κ2) is 4.63. The average molecular weight is 343 g/mol. The van der Waals surface area contributed by atoms with E-state index in [0.29, 0.717) is 30.6 Å². The van der Waals surface area contributed by atoms with Gasteiger partial charge < -0.3 is 20.1 Å². The second-order valence-electron chi connectivity index (χ2n) is 7.66. The van der Waals surface area contributed by atoms with Gasteiger partial charge in [0.05, 0.1) is 23.2 Å². The number of aliphatic hydroxyl groups is 2. The van der Waals surface area contributed by atoms with Crippen LogP contribution in [0.4, 0.5) is 0 Å². The topological polar surface area (TPSA) is 90.2 Å². The highest BCUT2D eigenvalue weighted by Crippen LogP contribution is 2.66. The van der Waals surface area contributed by atoms with Gasteiger partial charge in [0.25, 0.3) is 0 Å². The monoisotopic (exact) mass is 343 g/mol. The number of ketones is 1. The minimum Gasteiger partial charge on any atom is -0.504 e. The normalized spacial score (nSPS) is 41.2. The first-order valence-electron chi connectivity index (χ1n) is 8.77. The Kier molecular flexibility index (Phi) is 2.85. The molecule has 132 valence electrons. The predicted molar refractivity (Wildman–Crippen MR) is 88.5 cm³/mol. The number of ether oxygens (including phenoxy) is 1. The molecule has 4 aliphatic rings. The number of carbonyl (C=O) groups excluding carboxylic acids is 1. The highest BCUT2D eigenvalue weighted by molar-refractivity contribution is 5.90. The van der Waals surface area contributed by atoms with Crippen molar-refractivity contribution < 1.29 is 24.9 Å². The summed E-state index contributed by atoms with van der Waals surface area (Å²) >= 11 is 0. The van der Waals surface area contributed by atoms with Crippen LogP contribution in [0.3, 0.4) is 0 Å². The molecule has 2 bridgehead atoms. The number of aliphatic hydroxyl groups excluding tert-OH is 1. The molecule has 2 aliphatic carbocycles. The standard InChI is InChI=1S/C19H21NO5/c1-2-8-20-9-7-18-13-10-3-4-11(21)15(13)25-17(18)12(22)5-6-19(18,24)16(20)14(10)23/h2-4,14,16-17,21,23-24H,1,5-9H2/t14-,16-,17-,18+,19-/m1/s1. The Morgan fingerprint density at radius 3 is 2.96 bits per heavy atom. The third-order valence-electron chi connectivity index (χ3n) is 6.77. The van der Waals surface area contributed by atoms with E-state index in [1.807, 2.05) is 4.90 Å². The quantitative estimate of drug-likeness (QED) is 0.688. The number of hydrogen-bond donors (Lipinski definition) is 3. The molecule has 0 unspecified atom stereocenters. The van der Waals surface area contributed by atoms with Crippen molar-refractivity contribution in [3.8, 4) is 11.5 Å². The Morgan fingerprint density at radius 1 is 1.40 bits per heavy atom. The molecular weight excluding hydrogens is 322 g/mol. The fourth-order valence-electron chi connectivity index (χ4n) is 5.86. The fourth-order valence-corrected chi connectivity index (χ4v) is 5.86. The van der Waals surface area contributed by atoms with Crippen molar-refractivity contribution >= 4 is 5.78 Å². The zero-order valence-electron chi connectivity index (χ0n) is 13.8. The predicted octanol–water partition coefficient (Wildman–Crippen LogP) is 0.792. The van der Waals surface area contributed by atoms with Crippen molar-refractivity contribution in [1.82, 2.24) is 4.90 Å². The highest BCUT2D eigenvalue weighted by Gasteiger charge is 2.74. The van der Waals surface area contributed by atoms with Crippen LogP contribution in [0, 0.1) is 0 Å². The van der Waals surface area contributed by atoms with Crippen LogP contribution in [0.15, 0.2) is 24.8 Å². The summed E-state index contributed by atoms with van der Waals surface area (Å²) in [6.07, 6.45) is 1.09. The van der Waals surface area contributed by atoms with Crippen LogP contribution in [0.1, 0.15) is 36.5 Å². The van der Waals surface area contributed by atoms with Gasteiger partial charge in [0, 0.05) is 25.1 Å². The number of carbonyl (C=O) groups is 1. The van der Waals surface area contributed by atoms with E-state index in [0.717, 1.165) is 0 Å². The Labute approximate surface area is 145 Å². The lowest BCUT2D eigenvalue weighted by atomic mass is 9.48. The van der Waals surface area contributed by atoms with Crippen molar-refractivity contribution in [2.75, 3.05) is 13.1 Å². The molecule has 0 amide bonds. The van der Waals surface area contributed by atoms with Crippen molar-refractivity contribution in [3.05, 3.63) is 35.9 Å². The number of benzene rings is 1. The zero-order chi connectivity index (χ0) is 17.6. The molecule has 2 heterocycles. The number of aromatic hydroxyl groups is 1. The van der Waals surface area contributed by atoms with E-state index in [4.69, 9.17) is 4.74 Å². The molecule has 0 aromatic heterocycles. The smallest absolute Gasteiger partial charge is 0.174 e. The molecule has 1 aromatic rings. The molecule has 1 spiro atoms. The minimum absolute atomic E-state index is 0.0430. The van der Waals surface area contributed by atoms with E-state index >= 15 is 0 Å². The van der Waals surface area contributed by atoms with Crippen LogP contribution in [0.5, 0.6) is 11.5 Å². The van der Waals surface area contributed by atoms with E-state index in [9.17, 15) is 20.1 Å². The molecule has 5 rings (SSSR count). The van der Waals surface area contributed by atoms with E-state index in [1.54, 1.807) is 12.1 Å². The van der Waals surface area contributed by atoms with E-state index < -0.39 is 29.3 Å². The average Bonchev–Trinajstić information content (AvgIpc) is 2.94. The maximum atomic E-state index is 12.7. The number of phenols is 1. The SMILES string of the molecule is C=CCN1CC[C@]23c4c5ccc(O)c4O[C@@H]2C(=O)CC[C@@]3(O)[C@H]1[C@@H]5O. The van der Waals surface area contributed by atoms with Crippen molar-refractivity contribution in [3.63, 3.8) is 0 Å². The number of hydrogen-bond acceptors (Lipinski definition) is 6. The van der Waals surface area contributed by atoms with Gasteiger partial charge in [-0.25, -0.2) is 0 Å². The Balaban J connectivity index is 1.83. The molecule has 5 atom stereocenters. The molecule has 1 saturated carbocycles. The minimum atomic E-state index is -1.28. The van der Waals surface area contributed by atoms with Crippen LogP contribution in [-0.2, 0) is 10.2 Å². The molecule has 0 radical (unpaired) electrons. The Hall–Kier alpha value is -1.89. The van der Waals surface area contributed by atoms with Gasteiger partial charge in [-0.15, -0.1) is 6.58 Å². The van der Waals surface area contributed by atoms with Crippen LogP contribution in [-0.4, -0.2) is 56.8 Å². The molecule has 1 saturated heterocycles. The molecule has 6 nitrogen and oxygen atoms in total.